The van der Waals surface area contributed by atoms with E-state index in [0.717, 1.165) is 5.56 Å². The number of rotatable bonds is 2. The molecule has 0 aliphatic rings. The Kier molecular flexibility index (Phi) is 6.06. The molecule has 0 spiro atoms. The van der Waals surface area contributed by atoms with Crippen molar-refractivity contribution in [2.24, 2.45) is 0 Å². The van der Waals surface area contributed by atoms with E-state index in [2.05, 4.69) is 0 Å². The van der Waals surface area contributed by atoms with Crippen LogP contribution in [0.1, 0.15) is 25.3 Å². The minimum absolute atomic E-state index is 0. The molecule has 3 nitrogen and oxygen atoms in total. The van der Waals surface area contributed by atoms with Gasteiger partial charge in [0.15, 0.2) is 0 Å². The van der Waals surface area contributed by atoms with Crippen molar-refractivity contribution in [1.82, 2.24) is 0 Å². The molecular formula is C9H11KO3S. The van der Waals surface area contributed by atoms with Gasteiger partial charge in [-0.05, 0) is 23.6 Å². The third kappa shape index (κ3) is 4.10. The van der Waals surface area contributed by atoms with Gasteiger partial charge >= 0.3 is 51.4 Å². The molecule has 0 atom stereocenters. The van der Waals surface area contributed by atoms with E-state index in [-0.39, 0.29) is 56.3 Å². The molecule has 0 N–H and O–H groups in total. The maximum absolute atomic E-state index is 10.6. The predicted octanol–water partition coefficient (Wildman–Crippen LogP) is -1.28. The number of hydrogen-bond donors (Lipinski definition) is 0. The van der Waals surface area contributed by atoms with E-state index in [4.69, 9.17) is 0 Å². The molecule has 0 aliphatic carbocycles. The van der Waals surface area contributed by atoms with Crippen LogP contribution in [-0.2, 0) is 10.1 Å². The Morgan fingerprint density at radius 2 is 1.57 bits per heavy atom. The fourth-order valence-corrected chi connectivity index (χ4v) is 1.49. The van der Waals surface area contributed by atoms with E-state index in [0.29, 0.717) is 5.92 Å². The van der Waals surface area contributed by atoms with Crippen molar-refractivity contribution in [2.45, 2.75) is 24.7 Å². The average Bonchev–Trinajstić information content (AvgIpc) is 2.03. The second-order valence-electron chi connectivity index (χ2n) is 3.18. The average molecular weight is 238 g/mol. The summed E-state index contributed by atoms with van der Waals surface area (Å²) in [5.74, 6) is 0.336. The zero-order valence-electron chi connectivity index (χ0n) is 8.52. The Balaban J connectivity index is 0.00000169. The summed E-state index contributed by atoms with van der Waals surface area (Å²) >= 11 is 0. The first-order valence-electron chi connectivity index (χ1n) is 3.97. The Morgan fingerprint density at radius 1 is 1.14 bits per heavy atom. The molecule has 1 aromatic rings. The maximum atomic E-state index is 10.6. The summed E-state index contributed by atoms with van der Waals surface area (Å²) in [4.78, 5) is -0.170. The van der Waals surface area contributed by atoms with Gasteiger partial charge in [0.05, 0.1) is 4.90 Å². The van der Waals surface area contributed by atoms with Crippen LogP contribution in [0.3, 0.4) is 0 Å². The molecule has 0 heterocycles. The van der Waals surface area contributed by atoms with E-state index in [9.17, 15) is 13.0 Å². The Bertz CT molecular complexity index is 381. The number of benzene rings is 1. The van der Waals surface area contributed by atoms with Gasteiger partial charge in [-0.15, -0.1) is 0 Å². The molecular weight excluding hydrogens is 227 g/mol. The van der Waals surface area contributed by atoms with Crippen LogP contribution in [0.5, 0.6) is 0 Å². The van der Waals surface area contributed by atoms with Crippen molar-refractivity contribution in [1.29, 1.82) is 0 Å². The molecule has 14 heavy (non-hydrogen) atoms. The van der Waals surface area contributed by atoms with Crippen molar-refractivity contribution < 1.29 is 64.4 Å². The van der Waals surface area contributed by atoms with Crippen LogP contribution in [0.25, 0.3) is 0 Å². The van der Waals surface area contributed by atoms with Gasteiger partial charge in [0.1, 0.15) is 10.1 Å². The molecule has 0 aliphatic heterocycles. The molecule has 1 aromatic carbocycles. The third-order valence-electron chi connectivity index (χ3n) is 1.84. The Morgan fingerprint density at radius 3 is 1.86 bits per heavy atom. The van der Waals surface area contributed by atoms with E-state index in [1.54, 1.807) is 12.1 Å². The van der Waals surface area contributed by atoms with Crippen LogP contribution < -0.4 is 51.4 Å². The van der Waals surface area contributed by atoms with Crippen LogP contribution in [0.2, 0.25) is 0 Å². The van der Waals surface area contributed by atoms with Crippen LogP contribution in [0.4, 0.5) is 0 Å². The van der Waals surface area contributed by atoms with Gasteiger partial charge in [0.2, 0.25) is 0 Å². The van der Waals surface area contributed by atoms with Crippen molar-refractivity contribution >= 4 is 10.1 Å². The first kappa shape index (κ1) is 14.8. The molecule has 5 heteroatoms. The van der Waals surface area contributed by atoms with E-state index in [1.165, 1.54) is 12.1 Å². The first-order valence-corrected chi connectivity index (χ1v) is 5.38. The zero-order valence-corrected chi connectivity index (χ0v) is 12.5. The minimum Gasteiger partial charge on any atom is -0.744 e. The molecule has 0 saturated carbocycles. The molecule has 0 amide bonds. The van der Waals surface area contributed by atoms with Gasteiger partial charge in [-0.2, -0.15) is 0 Å². The SMILES string of the molecule is CC(C)c1ccc(S(=O)(=O)[O-])cc1.[K+]. The quantitative estimate of drug-likeness (QED) is 0.476. The van der Waals surface area contributed by atoms with Gasteiger partial charge in [0.25, 0.3) is 0 Å². The topological polar surface area (TPSA) is 57.2 Å². The van der Waals surface area contributed by atoms with Crippen LogP contribution in [-0.4, -0.2) is 13.0 Å². The minimum atomic E-state index is -4.30. The fourth-order valence-electron chi connectivity index (χ4n) is 1.02. The fraction of sp³-hybridized carbons (Fsp3) is 0.333. The summed E-state index contributed by atoms with van der Waals surface area (Å²) in [5.41, 5.74) is 1.02. The maximum Gasteiger partial charge on any atom is 1.00 e. The van der Waals surface area contributed by atoms with Gasteiger partial charge in [-0.3, -0.25) is 0 Å². The van der Waals surface area contributed by atoms with Gasteiger partial charge in [0, 0.05) is 0 Å². The standard InChI is InChI=1S/C9H12O3S.K/c1-7(2)8-3-5-9(6-4-8)13(10,11)12;/h3-7H,1-2H3,(H,10,11,12);/q;+1/p-1. The molecule has 72 valence electrons. The van der Waals surface area contributed by atoms with E-state index >= 15 is 0 Å². The molecule has 0 radical (unpaired) electrons. The van der Waals surface area contributed by atoms with Gasteiger partial charge in [-0.25, -0.2) is 8.42 Å². The second kappa shape index (κ2) is 5.74. The van der Waals surface area contributed by atoms with Gasteiger partial charge in [-0.1, -0.05) is 26.0 Å². The van der Waals surface area contributed by atoms with Crippen LogP contribution >= 0.6 is 0 Å². The summed E-state index contributed by atoms with van der Waals surface area (Å²) in [6, 6.07) is 6.01. The molecule has 0 fully saturated rings. The summed E-state index contributed by atoms with van der Waals surface area (Å²) < 4.78 is 31.7. The van der Waals surface area contributed by atoms with Crippen molar-refractivity contribution in [3.63, 3.8) is 0 Å². The van der Waals surface area contributed by atoms with Crippen molar-refractivity contribution in [3.05, 3.63) is 29.8 Å². The van der Waals surface area contributed by atoms with Crippen LogP contribution in [0.15, 0.2) is 29.2 Å². The van der Waals surface area contributed by atoms with E-state index in [1.807, 2.05) is 13.8 Å². The zero-order chi connectivity index (χ0) is 10.1. The van der Waals surface area contributed by atoms with Crippen molar-refractivity contribution in [2.75, 3.05) is 0 Å². The van der Waals surface area contributed by atoms with E-state index < -0.39 is 10.1 Å². The second-order valence-corrected chi connectivity index (χ2v) is 4.56. The predicted molar refractivity (Wildman–Crippen MR) is 48.5 cm³/mol. The smallest absolute Gasteiger partial charge is 0.744 e. The molecule has 0 bridgehead atoms. The third-order valence-corrected chi connectivity index (χ3v) is 2.68. The Hall–Kier alpha value is 0.766. The normalized spacial score (nSPS) is 11.1. The molecule has 0 aromatic heterocycles. The summed E-state index contributed by atoms with van der Waals surface area (Å²) in [5, 5.41) is 0. The first-order chi connectivity index (χ1) is 5.91. The number of hydrogen-bond acceptors (Lipinski definition) is 3. The molecule has 1 rings (SSSR count). The molecule has 0 saturated heterocycles. The summed E-state index contributed by atoms with van der Waals surface area (Å²) in [6.45, 7) is 4.00. The Labute approximate surface area is 127 Å². The summed E-state index contributed by atoms with van der Waals surface area (Å²) in [7, 11) is -4.30. The largest absolute Gasteiger partial charge is 1.00 e. The summed E-state index contributed by atoms with van der Waals surface area (Å²) in [6.07, 6.45) is 0. The monoisotopic (exact) mass is 238 g/mol. The van der Waals surface area contributed by atoms with Crippen LogP contribution in [0, 0.1) is 0 Å². The van der Waals surface area contributed by atoms with Crippen molar-refractivity contribution in [3.8, 4) is 0 Å². The molecule has 0 unspecified atom stereocenters. The van der Waals surface area contributed by atoms with Gasteiger partial charge < -0.3 is 4.55 Å².